The van der Waals surface area contributed by atoms with Crippen LogP contribution in [0.25, 0.3) is 0 Å². The third-order valence-electron chi connectivity index (χ3n) is 5.36. The Morgan fingerprint density at radius 1 is 1.17 bits per heavy atom. The summed E-state index contributed by atoms with van der Waals surface area (Å²) in [7, 11) is -2.77. The van der Waals surface area contributed by atoms with E-state index < -0.39 is 32.5 Å². The molecule has 1 unspecified atom stereocenters. The Morgan fingerprint density at radius 2 is 1.79 bits per heavy atom. The van der Waals surface area contributed by atoms with E-state index in [0.29, 0.717) is 37.2 Å². The van der Waals surface area contributed by atoms with E-state index in [1.807, 2.05) is 0 Å². The first kappa shape index (κ1) is 21.2. The minimum absolute atomic E-state index is 0.201. The molecule has 1 aliphatic heterocycles. The molecule has 1 atom stereocenters. The van der Waals surface area contributed by atoms with Gasteiger partial charge >= 0.3 is 0 Å². The third kappa shape index (κ3) is 4.42. The largest absolute Gasteiger partial charge is 0.496 e. The van der Waals surface area contributed by atoms with Crippen molar-refractivity contribution in [2.45, 2.75) is 23.6 Å². The number of nitrogens with two attached hydrogens (primary N) is 1. The predicted octanol–water partition coefficient (Wildman–Crippen LogP) is 1.50. The smallest absolute Gasteiger partial charge is 0.256 e. The zero-order valence-corrected chi connectivity index (χ0v) is 16.8. The second kappa shape index (κ2) is 8.48. The maximum Gasteiger partial charge on any atom is 0.256 e. The van der Waals surface area contributed by atoms with Crippen LogP contribution in [0.5, 0.6) is 5.75 Å². The van der Waals surface area contributed by atoms with Crippen molar-refractivity contribution in [2.24, 2.45) is 5.14 Å². The lowest BCUT2D eigenvalue weighted by atomic mass is 9.72. The van der Waals surface area contributed by atoms with E-state index in [4.69, 9.17) is 9.88 Å². The van der Waals surface area contributed by atoms with Crippen molar-refractivity contribution < 1.29 is 22.3 Å². The van der Waals surface area contributed by atoms with Crippen molar-refractivity contribution in [1.82, 2.24) is 10.6 Å². The lowest BCUT2D eigenvalue weighted by molar-refractivity contribution is 0.0922. The number of methoxy groups -OCH3 is 1. The van der Waals surface area contributed by atoms with Gasteiger partial charge in [0.1, 0.15) is 11.6 Å². The van der Waals surface area contributed by atoms with Gasteiger partial charge in [0.25, 0.3) is 5.91 Å². The molecule has 1 aliphatic rings. The van der Waals surface area contributed by atoms with Crippen LogP contribution in [-0.4, -0.2) is 39.9 Å². The van der Waals surface area contributed by atoms with Gasteiger partial charge in [-0.25, -0.2) is 17.9 Å². The van der Waals surface area contributed by atoms with Crippen molar-refractivity contribution in [1.29, 1.82) is 0 Å². The first-order valence-corrected chi connectivity index (χ1v) is 10.8. The van der Waals surface area contributed by atoms with Crippen molar-refractivity contribution in [3.63, 3.8) is 0 Å². The number of carbonyl (C=O) groups is 1. The lowest BCUT2D eigenvalue weighted by Gasteiger charge is -2.43. The number of halogens is 1. The minimum Gasteiger partial charge on any atom is -0.496 e. The van der Waals surface area contributed by atoms with Gasteiger partial charge in [-0.2, -0.15) is 0 Å². The fourth-order valence-corrected chi connectivity index (χ4v) is 5.19. The Labute approximate surface area is 169 Å². The molecular weight excluding hydrogens is 397 g/mol. The maximum absolute atomic E-state index is 13.5. The molecule has 3 rings (SSSR count). The van der Waals surface area contributed by atoms with Gasteiger partial charge in [-0.3, -0.25) is 4.79 Å². The number of primary sulfonamides is 1. The molecule has 9 heteroatoms. The molecule has 2 aromatic carbocycles. The van der Waals surface area contributed by atoms with Crippen molar-refractivity contribution >= 4 is 15.9 Å². The fourth-order valence-electron chi connectivity index (χ4n) is 3.92. The van der Waals surface area contributed by atoms with E-state index in [2.05, 4.69) is 10.6 Å². The number of benzene rings is 2. The van der Waals surface area contributed by atoms with E-state index in [0.717, 1.165) is 0 Å². The summed E-state index contributed by atoms with van der Waals surface area (Å²) in [6.45, 7) is 1.07. The first-order valence-electron chi connectivity index (χ1n) is 9.20. The standard InChI is InChI=1S/C20H24FN3O4S/c1-28-17-5-3-2-4-16(17)18(25)24-19(29(22,26)27)20(10-12-23-13-11-20)14-6-8-15(21)9-7-14/h2-9,19,23H,10-13H2,1H3,(H,24,25)(H2,22,26,27). The monoisotopic (exact) mass is 421 g/mol. The highest BCUT2D eigenvalue weighted by Gasteiger charge is 2.48. The molecule has 2 aromatic rings. The molecule has 1 saturated heterocycles. The highest BCUT2D eigenvalue weighted by molar-refractivity contribution is 7.89. The second-order valence-corrected chi connectivity index (χ2v) is 8.71. The molecule has 0 radical (unpaired) electrons. The summed E-state index contributed by atoms with van der Waals surface area (Å²) >= 11 is 0. The van der Waals surface area contributed by atoms with Crippen LogP contribution in [0.2, 0.25) is 0 Å². The molecule has 156 valence electrons. The molecule has 0 saturated carbocycles. The summed E-state index contributed by atoms with van der Waals surface area (Å²) in [4.78, 5) is 13.0. The van der Waals surface area contributed by atoms with Crippen LogP contribution in [0.15, 0.2) is 48.5 Å². The summed E-state index contributed by atoms with van der Waals surface area (Å²) in [5, 5.41) is 10.0. The highest BCUT2D eigenvalue weighted by Crippen LogP contribution is 2.39. The van der Waals surface area contributed by atoms with E-state index in [9.17, 15) is 17.6 Å². The zero-order valence-electron chi connectivity index (χ0n) is 16.0. The fraction of sp³-hybridized carbons (Fsp3) is 0.350. The number of ether oxygens (including phenoxy) is 1. The number of nitrogens with one attached hydrogen (secondary N) is 2. The summed E-state index contributed by atoms with van der Waals surface area (Å²) in [5.74, 6) is -0.719. The van der Waals surface area contributed by atoms with E-state index in [1.165, 1.54) is 19.2 Å². The summed E-state index contributed by atoms with van der Waals surface area (Å²) in [5.41, 5.74) is -0.184. The number of sulfonamides is 1. The Kier molecular flexibility index (Phi) is 6.21. The Bertz CT molecular complexity index is 973. The zero-order chi connectivity index (χ0) is 21.1. The minimum atomic E-state index is -4.20. The third-order valence-corrected chi connectivity index (χ3v) is 6.59. The Morgan fingerprint density at radius 3 is 2.38 bits per heavy atom. The molecule has 1 heterocycles. The van der Waals surface area contributed by atoms with E-state index in [1.54, 1.807) is 36.4 Å². The van der Waals surface area contributed by atoms with Crippen LogP contribution in [0.4, 0.5) is 4.39 Å². The second-order valence-electron chi connectivity index (χ2n) is 7.06. The first-order chi connectivity index (χ1) is 13.8. The van der Waals surface area contributed by atoms with Crippen molar-refractivity contribution in [3.05, 3.63) is 65.5 Å². The molecule has 0 bridgehead atoms. The van der Waals surface area contributed by atoms with Gasteiger partial charge in [-0.15, -0.1) is 0 Å². The number of carbonyl (C=O) groups excluding carboxylic acids is 1. The topological polar surface area (TPSA) is 111 Å². The summed E-state index contributed by atoms with van der Waals surface area (Å²) < 4.78 is 44.0. The van der Waals surface area contributed by atoms with Crippen LogP contribution >= 0.6 is 0 Å². The van der Waals surface area contributed by atoms with Crippen LogP contribution < -0.4 is 20.5 Å². The molecule has 0 aliphatic carbocycles. The van der Waals surface area contributed by atoms with Gasteiger partial charge < -0.3 is 15.4 Å². The number of hydrogen-bond acceptors (Lipinski definition) is 5. The average Bonchev–Trinajstić information content (AvgIpc) is 2.72. The highest BCUT2D eigenvalue weighted by atomic mass is 32.2. The Hall–Kier alpha value is -2.49. The van der Waals surface area contributed by atoms with E-state index >= 15 is 0 Å². The Balaban J connectivity index is 2.06. The molecule has 29 heavy (non-hydrogen) atoms. The normalized spacial score (nSPS) is 17.3. The van der Waals surface area contributed by atoms with Gasteiger partial charge in [0.15, 0.2) is 5.37 Å². The average molecular weight is 421 g/mol. The number of piperidine rings is 1. The summed E-state index contributed by atoms with van der Waals surface area (Å²) in [6, 6.07) is 12.2. The van der Waals surface area contributed by atoms with E-state index in [-0.39, 0.29) is 5.56 Å². The van der Waals surface area contributed by atoms with Gasteiger partial charge in [-0.1, -0.05) is 24.3 Å². The molecular formula is C20H24FN3O4S. The van der Waals surface area contributed by atoms with Crippen molar-refractivity contribution in [2.75, 3.05) is 20.2 Å². The SMILES string of the molecule is COc1ccccc1C(=O)NC(C1(c2ccc(F)cc2)CCNCC1)S(N)(=O)=O. The molecule has 1 fully saturated rings. The number of para-hydroxylation sites is 1. The molecule has 7 nitrogen and oxygen atoms in total. The molecule has 0 spiro atoms. The number of hydrogen-bond donors (Lipinski definition) is 3. The van der Waals surface area contributed by atoms with Crippen LogP contribution in [-0.2, 0) is 15.4 Å². The van der Waals surface area contributed by atoms with Gasteiger partial charge in [-0.05, 0) is 55.8 Å². The predicted molar refractivity (Wildman–Crippen MR) is 108 cm³/mol. The number of amides is 1. The van der Waals surface area contributed by atoms with Crippen LogP contribution in [0, 0.1) is 5.82 Å². The van der Waals surface area contributed by atoms with Crippen LogP contribution in [0.3, 0.4) is 0 Å². The van der Waals surface area contributed by atoms with Gasteiger partial charge in [0.2, 0.25) is 10.0 Å². The molecule has 4 N–H and O–H groups in total. The molecule has 1 amide bonds. The van der Waals surface area contributed by atoms with Gasteiger partial charge in [0, 0.05) is 5.41 Å². The quantitative estimate of drug-likeness (QED) is 0.655. The summed E-state index contributed by atoms with van der Waals surface area (Å²) in [6.07, 6.45) is 0.817. The maximum atomic E-state index is 13.5. The lowest BCUT2D eigenvalue weighted by Crippen LogP contribution is -2.60. The van der Waals surface area contributed by atoms with Gasteiger partial charge in [0.05, 0.1) is 12.7 Å². The van der Waals surface area contributed by atoms with Crippen molar-refractivity contribution in [3.8, 4) is 5.75 Å². The number of rotatable bonds is 6. The molecule has 0 aromatic heterocycles. The van der Waals surface area contributed by atoms with Crippen LogP contribution in [0.1, 0.15) is 28.8 Å².